The molecule has 0 amide bonds. The van der Waals surface area contributed by atoms with Crippen LogP contribution in [0.4, 0.5) is 0 Å². The third-order valence-electron chi connectivity index (χ3n) is 4.21. The number of hydrogen-bond donors (Lipinski definition) is 1. The maximum atomic E-state index is 11.0. The molecule has 1 atom stereocenters. The van der Waals surface area contributed by atoms with Gasteiger partial charge in [0.1, 0.15) is 0 Å². The Hall–Kier alpha value is -2.34. The molecule has 2 aromatic rings. The van der Waals surface area contributed by atoms with E-state index >= 15 is 0 Å². The summed E-state index contributed by atoms with van der Waals surface area (Å²) in [6, 6.07) is 1.56. The van der Waals surface area contributed by atoms with Gasteiger partial charge in [-0.05, 0) is 44.8 Å². The van der Waals surface area contributed by atoms with Crippen molar-refractivity contribution in [2.45, 2.75) is 19.3 Å². The summed E-state index contributed by atoms with van der Waals surface area (Å²) in [6.45, 7) is 2.28. The van der Waals surface area contributed by atoms with E-state index in [9.17, 15) is 4.79 Å². The van der Waals surface area contributed by atoms with Crippen molar-refractivity contribution < 1.29 is 9.90 Å². The molecular weight excluding hydrogens is 292 g/mol. The molecule has 1 N–H and O–H groups in total. The standard InChI is InChI=1S/C17H20N4O2/c1-21-4-2-3-12(11-21)5-15-9-20-16(10-19-15)13-6-14(17(22)23)8-18-7-13/h6-10,12H,2-5,11H2,1H3,(H,22,23)/t12-/m0/s1. The lowest BCUT2D eigenvalue weighted by molar-refractivity contribution is 0.0696. The molecule has 1 fully saturated rings. The Morgan fingerprint density at radius 3 is 2.87 bits per heavy atom. The van der Waals surface area contributed by atoms with E-state index in [4.69, 9.17) is 5.11 Å². The molecule has 0 spiro atoms. The summed E-state index contributed by atoms with van der Waals surface area (Å²) < 4.78 is 0. The number of piperidine rings is 1. The van der Waals surface area contributed by atoms with Gasteiger partial charge in [-0.15, -0.1) is 0 Å². The minimum atomic E-state index is -0.995. The first-order valence-electron chi connectivity index (χ1n) is 7.80. The first-order chi connectivity index (χ1) is 11.1. The molecular formula is C17H20N4O2. The van der Waals surface area contributed by atoms with Crippen LogP contribution in [-0.4, -0.2) is 51.1 Å². The average Bonchev–Trinajstić information content (AvgIpc) is 2.56. The molecule has 1 saturated heterocycles. The molecule has 3 heterocycles. The number of rotatable bonds is 4. The van der Waals surface area contributed by atoms with Gasteiger partial charge < -0.3 is 10.0 Å². The van der Waals surface area contributed by atoms with Crippen LogP contribution in [0.1, 0.15) is 28.9 Å². The van der Waals surface area contributed by atoms with Gasteiger partial charge in [0.25, 0.3) is 0 Å². The van der Waals surface area contributed by atoms with Crippen LogP contribution >= 0.6 is 0 Å². The predicted molar refractivity (Wildman–Crippen MR) is 86.1 cm³/mol. The highest BCUT2D eigenvalue weighted by molar-refractivity contribution is 5.88. The smallest absolute Gasteiger partial charge is 0.337 e. The van der Waals surface area contributed by atoms with Gasteiger partial charge >= 0.3 is 5.97 Å². The Bertz CT molecular complexity index is 687. The molecule has 2 aromatic heterocycles. The number of likely N-dealkylation sites (tertiary alicyclic amines) is 1. The first kappa shape index (κ1) is 15.6. The van der Waals surface area contributed by atoms with Crippen molar-refractivity contribution >= 4 is 5.97 Å². The second-order valence-corrected chi connectivity index (χ2v) is 6.14. The maximum Gasteiger partial charge on any atom is 0.337 e. The van der Waals surface area contributed by atoms with Crippen LogP contribution in [0.25, 0.3) is 11.3 Å². The summed E-state index contributed by atoms with van der Waals surface area (Å²) in [5.74, 6) is -0.365. The van der Waals surface area contributed by atoms with Crippen molar-refractivity contribution in [3.63, 3.8) is 0 Å². The Morgan fingerprint density at radius 1 is 1.30 bits per heavy atom. The van der Waals surface area contributed by atoms with Gasteiger partial charge in [0.2, 0.25) is 0 Å². The minimum Gasteiger partial charge on any atom is -0.478 e. The molecule has 23 heavy (non-hydrogen) atoms. The van der Waals surface area contributed by atoms with Gasteiger partial charge in [-0.1, -0.05) is 0 Å². The maximum absolute atomic E-state index is 11.0. The van der Waals surface area contributed by atoms with Crippen LogP contribution in [0.5, 0.6) is 0 Å². The predicted octanol–water partition coefficient (Wildman–Crippen LogP) is 2.12. The van der Waals surface area contributed by atoms with E-state index in [1.165, 1.54) is 25.6 Å². The molecule has 6 nitrogen and oxygen atoms in total. The van der Waals surface area contributed by atoms with Gasteiger partial charge in [0.15, 0.2) is 0 Å². The van der Waals surface area contributed by atoms with Crippen LogP contribution in [-0.2, 0) is 6.42 Å². The molecule has 0 radical (unpaired) electrons. The second-order valence-electron chi connectivity index (χ2n) is 6.14. The van der Waals surface area contributed by atoms with Crippen molar-refractivity contribution in [1.29, 1.82) is 0 Å². The molecule has 3 rings (SSSR count). The Morgan fingerprint density at radius 2 is 2.17 bits per heavy atom. The number of carboxylic acids is 1. The molecule has 1 aliphatic rings. The number of carbonyl (C=O) groups is 1. The topological polar surface area (TPSA) is 79.2 Å². The van der Waals surface area contributed by atoms with Crippen LogP contribution < -0.4 is 0 Å². The van der Waals surface area contributed by atoms with E-state index in [0.717, 1.165) is 18.7 Å². The molecule has 0 aromatic carbocycles. The van der Waals surface area contributed by atoms with Crippen molar-refractivity contribution in [1.82, 2.24) is 19.9 Å². The zero-order valence-electron chi connectivity index (χ0n) is 13.1. The molecule has 0 bridgehead atoms. The second kappa shape index (κ2) is 6.83. The third-order valence-corrected chi connectivity index (χ3v) is 4.21. The SMILES string of the molecule is CN1CCC[C@@H](Cc2cnc(-c3cncc(C(=O)O)c3)cn2)C1. The van der Waals surface area contributed by atoms with E-state index in [2.05, 4.69) is 26.9 Å². The van der Waals surface area contributed by atoms with E-state index < -0.39 is 5.97 Å². The highest BCUT2D eigenvalue weighted by Crippen LogP contribution is 2.20. The Labute approximate surface area is 135 Å². The number of aromatic carboxylic acids is 1. The Balaban J connectivity index is 1.72. The summed E-state index contributed by atoms with van der Waals surface area (Å²) in [4.78, 5) is 26.2. The Kier molecular flexibility index (Phi) is 4.62. The lowest BCUT2D eigenvalue weighted by Crippen LogP contribution is -2.33. The first-order valence-corrected chi connectivity index (χ1v) is 7.80. The van der Waals surface area contributed by atoms with Gasteiger partial charge in [-0.2, -0.15) is 0 Å². The molecule has 6 heteroatoms. The number of nitrogens with zero attached hydrogens (tertiary/aromatic N) is 4. The highest BCUT2D eigenvalue weighted by Gasteiger charge is 2.18. The summed E-state index contributed by atoms with van der Waals surface area (Å²) in [5.41, 5.74) is 2.45. The normalized spacial score (nSPS) is 18.7. The lowest BCUT2D eigenvalue weighted by atomic mass is 9.94. The van der Waals surface area contributed by atoms with Crippen molar-refractivity contribution in [3.05, 3.63) is 42.1 Å². The van der Waals surface area contributed by atoms with E-state index in [1.54, 1.807) is 24.7 Å². The van der Waals surface area contributed by atoms with E-state index in [1.807, 2.05) is 0 Å². The van der Waals surface area contributed by atoms with Crippen LogP contribution in [0.3, 0.4) is 0 Å². The fourth-order valence-electron chi connectivity index (χ4n) is 3.04. The lowest BCUT2D eigenvalue weighted by Gasteiger charge is -2.29. The molecule has 0 aliphatic carbocycles. The highest BCUT2D eigenvalue weighted by atomic mass is 16.4. The zero-order valence-corrected chi connectivity index (χ0v) is 13.1. The largest absolute Gasteiger partial charge is 0.478 e. The minimum absolute atomic E-state index is 0.151. The number of hydrogen-bond acceptors (Lipinski definition) is 5. The van der Waals surface area contributed by atoms with Crippen molar-refractivity contribution in [2.24, 2.45) is 5.92 Å². The quantitative estimate of drug-likeness (QED) is 0.931. The monoisotopic (exact) mass is 312 g/mol. The average molecular weight is 312 g/mol. The van der Waals surface area contributed by atoms with Crippen LogP contribution in [0.2, 0.25) is 0 Å². The van der Waals surface area contributed by atoms with Gasteiger partial charge in [0, 0.05) is 30.7 Å². The summed E-state index contributed by atoms with van der Waals surface area (Å²) in [7, 11) is 2.16. The fraction of sp³-hybridized carbons (Fsp3) is 0.412. The van der Waals surface area contributed by atoms with Crippen molar-refractivity contribution in [2.75, 3.05) is 20.1 Å². The molecule has 1 aliphatic heterocycles. The van der Waals surface area contributed by atoms with Crippen molar-refractivity contribution in [3.8, 4) is 11.3 Å². The molecule has 0 saturated carbocycles. The van der Waals surface area contributed by atoms with E-state index in [-0.39, 0.29) is 5.56 Å². The summed E-state index contributed by atoms with van der Waals surface area (Å²) in [6.07, 6.45) is 9.82. The third kappa shape index (κ3) is 3.90. The van der Waals surface area contributed by atoms with Crippen LogP contribution in [0, 0.1) is 5.92 Å². The van der Waals surface area contributed by atoms with Gasteiger partial charge in [-0.25, -0.2) is 4.79 Å². The van der Waals surface area contributed by atoms with E-state index in [0.29, 0.717) is 17.2 Å². The summed E-state index contributed by atoms with van der Waals surface area (Å²) >= 11 is 0. The van der Waals surface area contributed by atoms with Gasteiger partial charge in [0.05, 0.1) is 23.1 Å². The van der Waals surface area contributed by atoms with Gasteiger partial charge in [-0.3, -0.25) is 15.0 Å². The molecule has 0 unspecified atom stereocenters. The number of pyridine rings is 1. The van der Waals surface area contributed by atoms with Crippen LogP contribution in [0.15, 0.2) is 30.9 Å². The fourth-order valence-corrected chi connectivity index (χ4v) is 3.04. The molecule has 120 valence electrons. The summed E-state index contributed by atoms with van der Waals surface area (Å²) in [5, 5.41) is 9.02. The zero-order chi connectivity index (χ0) is 16.2. The number of aromatic nitrogens is 3. The number of carboxylic acid groups (broad SMARTS) is 1.